The summed E-state index contributed by atoms with van der Waals surface area (Å²) in [6, 6.07) is 15.1. The Morgan fingerprint density at radius 3 is 2.47 bits per heavy atom. The highest BCUT2D eigenvalue weighted by Gasteiger charge is 2.22. The third kappa shape index (κ3) is 4.38. The van der Waals surface area contributed by atoms with Crippen LogP contribution in [0.15, 0.2) is 59.6 Å². The van der Waals surface area contributed by atoms with Crippen LogP contribution in [-0.2, 0) is 10.0 Å². The Hall–Kier alpha value is -2.35. The van der Waals surface area contributed by atoms with Crippen LogP contribution in [0.3, 0.4) is 0 Å². The molecule has 0 amide bonds. The van der Waals surface area contributed by atoms with Crippen molar-refractivity contribution in [1.29, 1.82) is 0 Å². The van der Waals surface area contributed by atoms with E-state index in [1.165, 1.54) is 34.9 Å². The Bertz CT molecular complexity index is 1080. The summed E-state index contributed by atoms with van der Waals surface area (Å²) in [7, 11) is -0.343. The number of hydrogen-bond donors (Lipinski definition) is 1. The van der Waals surface area contributed by atoms with Crippen molar-refractivity contribution in [3.8, 4) is 5.75 Å². The van der Waals surface area contributed by atoms with Gasteiger partial charge in [0.05, 0.1) is 4.90 Å². The molecule has 2 heterocycles. The largest absolute Gasteiger partial charge is 0.492 e. The molecule has 0 radical (unpaired) electrons. The SMILES string of the molecule is CN(C)S(=O)(=O)c1ccc(OCCN2CCC(c3c[nH]c4ccccc34)CC2)cc1. The van der Waals surface area contributed by atoms with E-state index < -0.39 is 10.0 Å². The van der Waals surface area contributed by atoms with Crippen molar-refractivity contribution in [2.75, 3.05) is 40.3 Å². The van der Waals surface area contributed by atoms with Crippen LogP contribution in [0.1, 0.15) is 24.3 Å². The molecule has 1 aliphatic heterocycles. The fraction of sp³-hybridized carbons (Fsp3) is 0.391. The Labute approximate surface area is 178 Å². The van der Waals surface area contributed by atoms with Gasteiger partial charge in [0, 0.05) is 37.7 Å². The lowest BCUT2D eigenvalue weighted by molar-refractivity contribution is 0.173. The van der Waals surface area contributed by atoms with Crippen molar-refractivity contribution in [1.82, 2.24) is 14.2 Å². The first-order chi connectivity index (χ1) is 14.4. The van der Waals surface area contributed by atoms with Crippen LogP contribution in [-0.4, -0.2) is 62.9 Å². The highest BCUT2D eigenvalue weighted by Crippen LogP contribution is 2.33. The average molecular weight is 428 g/mol. The van der Waals surface area contributed by atoms with Crippen LogP contribution in [0, 0.1) is 0 Å². The van der Waals surface area contributed by atoms with Crippen LogP contribution in [0.2, 0.25) is 0 Å². The summed E-state index contributed by atoms with van der Waals surface area (Å²) in [5, 5.41) is 1.35. The van der Waals surface area contributed by atoms with E-state index in [-0.39, 0.29) is 4.90 Å². The molecule has 7 heteroatoms. The highest BCUT2D eigenvalue weighted by atomic mass is 32.2. The van der Waals surface area contributed by atoms with Crippen LogP contribution in [0.5, 0.6) is 5.75 Å². The van der Waals surface area contributed by atoms with Crippen molar-refractivity contribution >= 4 is 20.9 Å². The molecule has 30 heavy (non-hydrogen) atoms. The topological polar surface area (TPSA) is 65.6 Å². The second kappa shape index (κ2) is 8.79. The van der Waals surface area contributed by atoms with Gasteiger partial charge in [-0.15, -0.1) is 0 Å². The Morgan fingerprint density at radius 2 is 1.77 bits per heavy atom. The number of fused-ring (bicyclic) bond motifs is 1. The second-order valence-electron chi connectivity index (χ2n) is 8.01. The van der Waals surface area contributed by atoms with Gasteiger partial charge in [-0.3, -0.25) is 4.90 Å². The smallest absolute Gasteiger partial charge is 0.242 e. The van der Waals surface area contributed by atoms with Crippen molar-refractivity contribution < 1.29 is 13.2 Å². The monoisotopic (exact) mass is 427 g/mol. The molecule has 1 N–H and O–H groups in total. The van der Waals surface area contributed by atoms with Gasteiger partial charge in [0.2, 0.25) is 10.0 Å². The minimum absolute atomic E-state index is 0.277. The molecule has 1 fully saturated rings. The van der Waals surface area contributed by atoms with E-state index in [2.05, 4.69) is 40.3 Å². The van der Waals surface area contributed by atoms with Gasteiger partial charge >= 0.3 is 0 Å². The minimum Gasteiger partial charge on any atom is -0.492 e. The predicted molar refractivity (Wildman–Crippen MR) is 120 cm³/mol. The van der Waals surface area contributed by atoms with Crippen LogP contribution in [0.4, 0.5) is 0 Å². The van der Waals surface area contributed by atoms with E-state index in [0.29, 0.717) is 18.3 Å². The molecule has 0 aliphatic carbocycles. The Morgan fingerprint density at radius 1 is 1.07 bits per heavy atom. The molecule has 0 saturated carbocycles. The van der Waals surface area contributed by atoms with Gasteiger partial charge in [0.1, 0.15) is 12.4 Å². The first-order valence-corrected chi connectivity index (χ1v) is 11.8. The van der Waals surface area contributed by atoms with E-state index in [9.17, 15) is 8.42 Å². The van der Waals surface area contributed by atoms with Crippen molar-refractivity contribution in [2.24, 2.45) is 0 Å². The number of nitrogens with zero attached hydrogens (tertiary/aromatic N) is 2. The van der Waals surface area contributed by atoms with Gasteiger partial charge in [-0.1, -0.05) is 18.2 Å². The quantitative estimate of drug-likeness (QED) is 0.625. The number of nitrogens with one attached hydrogen (secondary N) is 1. The van der Waals surface area contributed by atoms with Crippen LogP contribution < -0.4 is 4.74 Å². The molecule has 4 rings (SSSR count). The van der Waals surface area contributed by atoms with Crippen molar-refractivity contribution in [3.63, 3.8) is 0 Å². The minimum atomic E-state index is -3.40. The number of rotatable bonds is 7. The molecule has 1 aromatic heterocycles. The van der Waals surface area contributed by atoms with Gasteiger partial charge < -0.3 is 9.72 Å². The molecule has 0 spiro atoms. The normalized spacial score (nSPS) is 16.4. The molecule has 160 valence electrons. The molecule has 0 unspecified atom stereocenters. The standard InChI is InChI=1S/C23H29N3O3S/c1-25(2)30(27,28)20-9-7-19(8-10-20)29-16-15-26-13-11-18(12-14-26)22-17-24-23-6-4-3-5-21(22)23/h3-10,17-18,24H,11-16H2,1-2H3. The number of ether oxygens (including phenoxy) is 1. The summed E-state index contributed by atoms with van der Waals surface area (Å²) in [6.07, 6.45) is 4.48. The number of benzene rings is 2. The molecular formula is C23H29N3O3S. The first-order valence-electron chi connectivity index (χ1n) is 10.4. The summed E-state index contributed by atoms with van der Waals surface area (Å²) in [5.74, 6) is 1.30. The molecule has 1 saturated heterocycles. The summed E-state index contributed by atoms with van der Waals surface area (Å²) in [6.45, 7) is 3.59. The molecule has 0 bridgehead atoms. The van der Waals surface area contributed by atoms with E-state index in [1.807, 2.05) is 0 Å². The third-order valence-electron chi connectivity index (χ3n) is 5.93. The van der Waals surface area contributed by atoms with E-state index in [0.717, 1.165) is 32.5 Å². The van der Waals surface area contributed by atoms with Gasteiger partial charge in [0.15, 0.2) is 0 Å². The average Bonchev–Trinajstić information content (AvgIpc) is 3.19. The van der Waals surface area contributed by atoms with Crippen LogP contribution in [0.25, 0.3) is 10.9 Å². The summed E-state index contributed by atoms with van der Waals surface area (Å²) < 4.78 is 31.3. The van der Waals surface area contributed by atoms with Gasteiger partial charge in [-0.2, -0.15) is 0 Å². The molecule has 6 nitrogen and oxygen atoms in total. The lowest BCUT2D eigenvalue weighted by Crippen LogP contribution is -2.35. The van der Waals surface area contributed by atoms with Gasteiger partial charge in [0.25, 0.3) is 0 Å². The third-order valence-corrected chi connectivity index (χ3v) is 7.76. The highest BCUT2D eigenvalue weighted by molar-refractivity contribution is 7.89. The molecule has 0 atom stereocenters. The zero-order valence-corrected chi connectivity index (χ0v) is 18.4. The van der Waals surface area contributed by atoms with Gasteiger partial charge in [-0.25, -0.2) is 12.7 Å². The predicted octanol–water partition coefficient (Wildman–Crippen LogP) is 3.68. The zero-order valence-electron chi connectivity index (χ0n) is 17.5. The second-order valence-corrected chi connectivity index (χ2v) is 10.2. The Balaban J connectivity index is 1.25. The fourth-order valence-electron chi connectivity index (χ4n) is 4.11. The molecule has 1 aliphatic rings. The fourth-order valence-corrected chi connectivity index (χ4v) is 5.01. The lowest BCUT2D eigenvalue weighted by atomic mass is 9.89. The summed E-state index contributed by atoms with van der Waals surface area (Å²) in [5.41, 5.74) is 2.65. The number of piperidine rings is 1. The van der Waals surface area contributed by atoms with Crippen molar-refractivity contribution in [2.45, 2.75) is 23.7 Å². The van der Waals surface area contributed by atoms with E-state index in [4.69, 9.17) is 4.74 Å². The number of para-hydroxylation sites is 1. The van der Waals surface area contributed by atoms with Gasteiger partial charge in [-0.05, 0) is 67.7 Å². The summed E-state index contributed by atoms with van der Waals surface area (Å²) in [4.78, 5) is 6.11. The maximum atomic E-state index is 12.1. The maximum Gasteiger partial charge on any atom is 0.242 e. The van der Waals surface area contributed by atoms with E-state index in [1.54, 1.807) is 24.3 Å². The lowest BCUT2D eigenvalue weighted by Gasteiger charge is -2.31. The number of aromatic nitrogens is 1. The zero-order chi connectivity index (χ0) is 21.1. The number of sulfonamides is 1. The molecule has 3 aromatic rings. The number of H-pyrrole nitrogens is 1. The maximum absolute atomic E-state index is 12.1. The van der Waals surface area contributed by atoms with Crippen molar-refractivity contribution in [3.05, 3.63) is 60.3 Å². The number of hydrogen-bond acceptors (Lipinski definition) is 4. The first kappa shape index (κ1) is 20.9. The number of aromatic amines is 1. The number of likely N-dealkylation sites (tertiary alicyclic amines) is 1. The summed E-state index contributed by atoms with van der Waals surface area (Å²) >= 11 is 0. The van der Waals surface area contributed by atoms with E-state index >= 15 is 0 Å². The molecular weight excluding hydrogens is 398 g/mol. The Kier molecular flexibility index (Phi) is 6.13. The van der Waals surface area contributed by atoms with Crippen LogP contribution >= 0.6 is 0 Å². The molecule has 2 aromatic carbocycles.